The maximum Gasteiger partial charge on any atom is 0.437 e. The number of nitrogens with zero attached hydrogens (tertiary/aromatic N) is 4. The second kappa shape index (κ2) is 9.87. The molecule has 11 nitrogen and oxygen atoms in total. The molecule has 1 aliphatic heterocycles. The van der Waals surface area contributed by atoms with Crippen molar-refractivity contribution in [1.82, 2.24) is 14.3 Å². The van der Waals surface area contributed by atoms with Crippen molar-refractivity contribution in [3.8, 4) is 17.1 Å². The quantitative estimate of drug-likeness (QED) is 0.424. The van der Waals surface area contributed by atoms with Gasteiger partial charge in [-0.15, -0.1) is 4.99 Å². The van der Waals surface area contributed by atoms with E-state index < -0.39 is 27.9 Å². The van der Waals surface area contributed by atoms with Crippen LogP contribution >= 0.6 is 0 Å². The Kier molecular flexibility index (Phi) is 7.20. The van der Waals surface area contributed by atoms with Crippen molar-refractivity contribution in [3.05, 3.63) is 42.0 Å². The van der Waals surface area contributed by atoms with Crippen LogP contribution in [0, 0.1) is 11.7 Å². The van der Waals surface area contributed by atoms with Gasteiger partial charge in [0.25, 0.3) is 0 Å². The minimum Gasteiger partial charge on any atom is -0.463 e. The van der Waals surface area contributed by atoms with Crippen LogP contribution in [0.5, 0.6) is 6.01 Å². The molecule has 0 atom stereocenters. The van der Waals surface area contributed by atoms with E-state index in [1.54, 1.807) is 13.0 Å². The van der Waals surface area contributed by atoms with E-state index in [0.29, 0.717) is 18.7 Å². The second-order valence-corrected chi connectivity index (χ2v) is 9.28. The first-order valence-electron chi connectivity index (χ1n) is 9.66. The first-order chi connectivity index (χ1) is 15.2. The number of halogens is 1. The highest BCUT2D eigenvalue weighted by Gasteiger charge is 2.35. The summed E-state index contributed by atoms with van der Waals surface area (Å²) in [6, 6.07) is 4.70. The van der Waals surface area contributed by atoms with Crippen molar-refractivity contribution in [2.75, 3.05) is 25.4 Å². The molecule has 172 valence electrons. The molecule has 1 aliphatic rings. The van der Waals surface area contributed by atoms with E-state index in [-0.39, 0.29) is 42.0 Å². The summed E-state index contributed by atoms with van der Waals surface area (Å²) in [5.41, 5.74) is 10.9. The van der Waals surface area contributed by atoms with Gasteiger partial charge in [0.2, 0.25) is 10.0 Å². The number of sulfonamides is 1. The lowest BCUT2D eigenvalue weighted by Gasteiger charge is -2.37. The van der Waals surface area contributed by atoms with Crippen LogP contribution in [-0.2, 0) is 21.4 Å². The summed E-state index contributed by atoms with van der Waals surface area (Å²) in [6.07, 6.45) is 1.79. The molecule has 1 saturated heterocycles. The van der Waals surface area contributed by atoms with Crippen LogP contribution in [0.3, 0.4) is 0 Å². The van der Waals surface area contributed by atoms with Gasteiger partial charge < -0.3 is 20.9 Å². The van der Waals surface area contributed by atoms with E-state index in [9.17, 15) is 17.6 Å². The highest BCUT2D eigenvalue weighted by Crippen LogP contribution is 2.26. The molecule has 2 heterocycles. The zero-order valence-corrected chi connectivity index (χ0v) is 18.1. The molecule has 0 aliphatic carbocycles. The molecule has 0 bridgehead atoms. The zero-order chi connectivity index (χ0) is 23.3. The minimum atomic E-state index is -3.17. The number of nitrogens with two attached hydrogens (primary N) is 2. The minimum absolute atomic E-state index is 0.0652. The molecule has 1 aromatic carbocycles. The van der Waals surface area contributed by atoms with Gasteiger partial charge in [0.15, 0.2) is 5.96 Å². The van der Waals surface area contributed by atoms with Gasteiger partial charge >= 0.3 is 12.1 Å². The summed E-state index contributed by atoms with van der Waals surface area (Å²) < 4.78 is 50.0. The summed E-state index contributed by atoms with van der Waals surface area (Å²) in [5.74, 6) is -0.921. The first-order valence-corrected chi connectivity index (χ1v) is 11.3. The van der Waals surface area contributed by atoms with E-state index >= 15 is 0 Å². The van der Waals surface area contributed by atoms with Crippen LogP contribution in [0.15, 0.2) is 35.6 Å². The van der Waals surface area contributed by atoms with Gasteiger partial charge in [-0.1, -0.05) is 18.2 Å². The molecular weight excluding hydrogens is 443 g/mol. The fourth-order valence-electron chi connectivity index (χ4n) is 2.95. The molecule has 1 amide bonds. The van der Waals surface area contributed by atoms with Crippen LogP contribution in [0.1, 0.15) is 12.5 Å². The Morgan fingerprint density at radius 2 is 1.97 bits per heavy atom. The average molecular weight is 466 g/mol. The van der Waals surface area contributed by atoms with Crippen LogP contribution in [0.25, 0.3) is 11.1 Å². The summed E-state index contributed by atoms with van der Waals surface area (Å²) in [5, 5.41) is 0. The Balaban J connectivity index is 1.58. The van der Waals surface area contributed by atoms with E-state index in [2.05, 4.69) is 15.0 Å². The summed E-state index contributed by atoms with van der Waals surface area (Å²) in [7, 11) is -3.17. The predicted molar refractivity (Wildman–Crippen MR) is 113 cm³/mol. The summed E-state index contributed by atoms with van der Waals surface area (Å²) in [4.78, 5) is 22.8. The Bertz CT molecular complexity index is 1100. The molecular formula is C19H23FN6O5S. The molecule has 1 fully saturated rings. The molecule has 0 radical (unpaired) electrons. The van der Waals surface area contributed by atoms with Crippen LogP contribution in [0.2, 0.25) is 0 Å². The molecule has 3 rings (SSSR count). The third kappa shape index (κ3) is 5.68. The molecule has 0 spiro atoms. The molecule has 13 heteroatoms. The monoisotopic (exact) mass is 466 g/mol. The van der Waals surface area contributed by atoms with E-state index in [1.165, 1.54) is 28.8 Å². The number of benzene rings is 1. The molecule has 2 aromatic rings. The van der Waals surface area contributed by atoms with Gasteiger partial charge in [0, 0.05) is 48.1 Å². The molecule has 4 N–H and O–H groups in total. The number of carbonyl (C=O) groups excluding carboxylic acids is 1. The first kappa shape index (κ1) is 23.3. The molecule has 0 saturated carbocycles. The van der Waals surface area contributed by atoms with Crippen LogP contribution in [0.4, 0.5) is 9.18 Å². The zero-order valence-electron chi connectivity index (χ0n) is 17.3. The van der Waals surface area contributed by atoms with Gasteiger partial charge in [-0.2, -0.15) is 0 Å². The Morgan fingerprint density at radius 1 is 1.28 bits per heavy atom. The van der Waals surface area contributed by atoms with E-state index in [0.717, 1.165) is 0 Å². The fraction of sp³-hybridized carbons (Fsp3) is 0.368. The third-order valence-corrected chi connectivity index (χ3v) is 6.53. The van der Waals surface area contributed by atoms with Gasteiger partial charge in [0.05, 0.1) is 12.4 Å². The maximum atomic E-state index is 14.8. The standard InChI is InChI=1S/C19H23FN6O5S/c1-2-32(28,29)26-8-12(9-26)10-30-18-23-6-14(7-24-18)15-5-3-4-13(16(15)20)11-31-19(27)25-17(21)22/h3-7,12H,2,8-11H2,1H3,(H4,21,22,25,27). The smallest absolute Gasteiger partial charge is 0.437 e. The summed E-state index contributed by atoms with van der Waals surface area (Å²) in [6.45, 7) is 2.33. The highest BCUT2D eigenvalue weighted by molar-refractivity contribution is 7.89. The molecule has 0 unspecified atom stereocenters. The van der Waals surface area contributed by atoms with Crippen molar-refractivity contribution < 1.29 is 27.1 Å². The van der Waals surface area contributed by atoms with Crippen molar-refractivity contribution in [3.63, 3.8) is 0 Å². The number of amides is 1. The lowest BCUT2D eigenvalue weighted by atomic mass is 10.1. The second-order valence-electron chi connectivity index (χ2n) is 7.02. The molecule has 1 aromatic heterocycles. The average Bonchev–Trinajstić information content (AvgIpc) is 2.72. The van der Waals surface area contributed by atoms with Gasteiger partial charge in [0.1, 0.15) is 12.4 Å². The van der Waals surface area contributed by atoms with Gasteiger partial charge in [-0.05, 0) is 6.92 Å². The topological polar surface area (TPSA) is 163 Å². The normalized spacial score (nSPS) is 14.4. The van der Waals surface area contributed by atoms with Crippen LogP contribution < -0.4 is 16.2 Å². The number of carbonyl (C=O) groups is 1. The van der Waals surface area contributed by atoms with E-state index in [4.69, 9.17) is 20.9 Å². The lowest BCUT2D eigenvalue weighted by Crippen LogP contribution is -2.52. The van der Waals surface area contributed by atoms with E-state index in [1.807, 2.05) is 0 Å². The van der Waals surface area contributed by atoms with Crippen molar-refractivity contribution >= 4 is 22.1 Å². The Hall–Kier alpha value is -3.32. The number of hydrogen-bond donors (Lipinski definition) is 2. The molecule has 32 heavy (non-hydrogen) atoms. The number of guanidine groups is 1. The van der Waals surface area contributed by atoms with Crippen LogP contribution in [-0.4, -0.2) is 60.2 Å². The SMILES string of the molecule is CCS(=O)(=O)N1CC(COc2ncc(-c3cccc(COC(=O)N=C(N)N)c3F)cn2)C1. The number of hydrogen-bond acceptors (Lipinski definition) is 7. The maximum absolute atomic E-state index is 14.8. The highest BCUT2D eigenvalue weighted by atomic mass is 32.2. The Morgan fingerprint density at radius 3 is 2.59 bits per heavy atom. The number of aromatic nitrogens is 2. The van der Waals surface area contributed by atoms with Gasteiger partial charge in [-0.25, -0.2) is 31.9 Å². The van der Waals surface area contributed by atoms with Gasteiger partial charge in [-0.3, -0.25) is 0 Å². The number of rotatable bonds is 8. The largest absolute Gasteiger partial charge is 0.463 e. The third-order valence-electron chi connectivity index (χ3n) is 4.72. The van der Waals surface area contributed by atoms with Crippen molar-refractivity contribution in [1.29, 1.82) is 0 Å². The lowest BCUT2D eigenvalue weighted by molar-refractivity contribution is 0.124. The van der Waals surface area contributed by atoms with Crippen molar-refractivity contribution in [2.45, 2.75) is 13.5 Å². The number of ether oxygens (including phenoxy) is 2. The van der Waals surface area contributed by atoms with Crippen molar-refractivity contribution in [2.24, 2.45) is 22.4 Å². The number of aliphatic imine (C=N–C) groups is 1. The predicted octanol–water partition coefficient (Wildman–Crippen LogP) is 0.853. The Labute approximate surface area is 184 Å². The fourth-order valence-corrected chi connectivity index (χ4v) is 4.19. The summed E-state index contributed by atoms with van der Waals surface area (Å²) >= 11 is 0.